The molecule has 2 heteroatoms. The second kappa shape index (κ2) is 5.87. The maximum absolute atomic E-state index is 9.85. The van der Waals surface area contributed by atoms with Crippen LogP contribution in [0.3, 0.4) is 0 Å². The van der Waals surface area contributed by atoms with E-state index in [1.54, 1.807) is 0 Å². The Hall–Kier alpha value is -1.54. The monoisotopic (exact) mass is 243 g/mol. The smallest absolute Gasteiger partial charge is 0.0712 e. The van der Waals surface area contributed by atoms with Gasteiger partial charge in [0.2, 0.25) is 0 Å². The number of likely N-dealkylation sites (N-methyl/N-ethyl adjacent to an activating group) is 1. The van der Waals surface area contributed by atoms with Gasteiger partial charge in [0, 0.05) is 24.2 Å². The third-order valence-electron chi connectivity index (χ3n) is 3.39. The van der Waals surface area contributed by atoms with Crippen molar-refractivity contribution in [1.29, 1.82) is 0 Å². The fourth-order valence-corrected chi connectivity index (χ4v) is 2.27. The quantitative estimate of drug-likeness (QED) is 0.869. The summed E-state index contributed by atoms with van der Waals surface area (Å²) in [6.45, 7) is 5.75. The first-order chi connectivity index (χ1) is 8.76. The lowest BCUT2D eigenvalue weighted by Gasteiger charge is -2.26. The predicted molar refractivity (Wildman–Crippen MR) is 78.1 cm³/mol. The van der Waals surface area contributed by atoms with E-state index in [1.807, 2.05) is 6.92 Å². The molecule has 0 bridgehead atoms. The molecule has 0 aliphatic rings. The van der Waals surface area contributed by atoms with E-state index in [2.05, 4.69) is 54.3 Å². The Balaban J connectivity index is 2.38. The largest absolute Gasteiger partial charge is 0.391 e. The molecule has 0 fully saturated rings. The van der Waals surface area contributed by atoms with Gasteiger partial charge in [-0.15, -0.1) is 0 Å². The third-order valence-corrected chi connectivity index (χ3v) is 3.39. The fraction of sp³-hybridized carbons (Fsp3) is 0.375. The molecule has 1 N–H and O–H groups in total. The molecule has 0 aromatic heterocycles. The molecule has 0 saturated heterocycles. The number of aliphatic hydroxyl groups excluding tert-OH is 1. The van der Waals surface area contributed by atoms with Crippen molar-refractivity contribution in [2.45, 2.75) is 26.4 Å². The lowest BCUT2D eigenvalue weighted by Crippen LogP contribution is -2.32. The first-order valence-electron chi connectivity index (χ1n) is 6.67. The van der Waals surface area contributed by atoms with Gasteiger partial charge >= 0.3 is 0 Å². The second-order valence-electron chi connectivity index (χ2n) is 4.60. The van der Waals surface area contributed by atoms with Gasteiger partial charge in [-0.05, 0) is 24.8 Å². The molecule has 0 aliphatic heterocycles. The highest BCUT2D eigenvalue weighted by Gasteiger charge is 2.11. The van der Waals surface area contributed by atoms with Gasteiger partial charge in [-0.25, -0.2) is 0 Å². The first-order valence-corrected chi connectivity index (χ1v) is 6.67. The summed E-state index contributed by atoms with van der Waals surface area (Å²) in [5, 5.41) is 12.4. The Bertz CT molecular complexity index is 504. The molecule has 2 aromatic carbocycles. The average molecular weight is 243 g/mol. The summed E-state index contributed by atoms with van der Waals surface area (Å²) in [6.07, 6.45) is 0.533. The third kappa shape index (κ3) is 2.65. The highest BCUT2D eigenvalue weighted by atomic mass is 16.3. The van der Waals surface area contributed by atoms with Crippen molar-refractivity contribution in [1.82, 2.24) is 0 Å². The van der Waals surface area contributed by atoms with E-state index in [0.29, 0.717) is 6.54 Å². The van der Waals surface area contributed by atoms with E-state index in [0.717, 1.165) is 13.0 Å². The first kappa shape index (κ1) is 12.9. The number of benzene rings is 2. The van der Waals surface area contributed by atoms with Crippen LogP contribution < -0.4 is 4.90 Å². The average Bonchev–Trinajstić information content (AvgIpc) is 2.44. The van der Waals surface area contributed by atoms with Crippen LogP contribution in [0.5, 0.6) is 0 Å². The zero-order valence-corrected chi connectivity index (χ0v) is 11.1. The van der Waals surface area contributed by atoms with Crippen molar-refractivity contribution in [3.8, 4) is 0 Å². The van der Waals surface area contributed by atoms with Crippen molar-refractivity contribution in [3.05, 3.63) is 42.5 Å². The summed E-state index contributed by atoms with van der Waals surface area (Å²) in [5.74, 6) is 0. The van der Waals surface area contributed by atoms with Gasteiger partial charge in [0.15, 0.2) is 0 Å². The van der Waals surface area contributed by atoms with Crippen molar-refractivity contribution >= 4 is 16.5 Å². The van der Waals surface area contributed by atoms with Crippen molar-refractivity contribution < 1.29 is 5.11 Å². The number of rotatable bonds is 5. The van der Waals surface area contributed by atoms with Gasteiger partial charge in [-0.2, -0.15) is 0 Å². The Labute approximate surface area is 109 Å². The Morgan fingerprint density at radius 1 is 1.06 bits per heavy atom. The lowest BCUT2D eigenvalue weighted by molar-refractivity contribution is 0.176. The molecule has 2 aromatic rings. The van der Waals surface area contributed by atoms with Crippen LogP contribution in [0.25, 0.3) is 10.8 Å². The molecule has 2 nitrogen and oxygen atoms in total. The Kier molecular flexibility index (Phi) is 4.21. The standard InChI is InChI=1S/C16H21NO/c1-3-14(18)12-17(4-2)16-11-7-9-13-8-5-6-10-15(13)16/h5-11,14,18H,3-4,12H2,1-2H3. The summed E-state index contributed by atoms with van der Waals surface area (Å²) < 4.78 is 0. The van der Waals surface area contributed by atoms with E-state index in [1.165, 1.54) is 16.5 Å². The van der Waals surface area contributed by atoms with Crippen molar-refractivity contribution in [2.24, 2.45) is 0 Å². The van der Waals surface area contributed by atoms with Crippen LogP contribution in [0.15, 0.2) is 42.5 Å². The van der Waals surface area contributed by atoms with E-state index in [-0.39, 0.29) is 6.10 Å². The number of anilines is 1. The summed E-state index contributed by atoms with van der Waals surface area (Å²) in [6, 6.07) is 14.7. The normalized spacial score (nSPS) is 12.6. The number of aliphatic hydroxyl groups is 1. The van der Waals surface area contributed by atoms with E-state index >= 15 is 0 Å². The fourth-order valence-electron chi connectivity index (χ4n) is 2.27. The minimum atomic E-state index is -0.260. The SMILES string of the molecule is CCC(O)CN(CC)c1cccc2ccccc12. The van der Waals surface area contributed by atoms with Crippen LogP contribution in [-0.4, -0.2) is 24.3 Å². The van der Waals surface area contributed by atoms with E-state index < -0.39 is 0 Å². The molecule has 0 amide bonds. The molecular formula is C16H21NO. The van der Waals surface area contributed by atoms with Gasteiger partial charge in [0.1, 0.15) is 0 Å². The molecule has 18 heavy (non-hydrogen) atoms. The topological polar surface area (TPSA) is 23.5 Å². The second-order valence-corrected chi connectivity index (χ2v) is 4.60. The molecule has 1 atom stereocenters. The van der Waals surface area contributed by atoms with Crippen LogP contribution in [0.1, 0.15) is 20.3 Å². The summed E-state index contributed by atoms with van der Waals surface area (Å²) >= 11 is 0. The molecular weight excluding hydrogens is 222 g/mol. The van der Waals surface area contributed by atoms with Crippen molar-refractivity contribution in [2.75, 3.05) is 18.0 Å². The summed E-state index contributed by atoms with van der Waals surface area (Å²) in [5.41, 5.74) is 1.21. The molecule has 1 unspecified atom stereocenters. The van der Waals surface area contributed by atoms with Crippen LogP contribution in [0.4, 0.5) is 5.69 Å². The van der Waals surface area contributed by atoms with Crippen LogP contribution in [0, 0.1) is 0 Å². The minimum absolute atomic E-state index is 0.260. The maximum Gasteiger partial charge on any atom is 0.0712 e. The highest BCUT2D eigenvalue weighted by Crippen LogP contribution is 2.26. The minimum Gasteiger partial charge on any atom is -0.391 e. The van der Waals surface area contributed by atoms with Crippen LogP contribution in [0.2, 0.25) is 0 Å². The lowest BCUT2D eigenvalue weighted by atomic mass is 10.1. The molecule has 0 heterocycles. The molecule has 96 valence electrons. The zero-order valence-electron chi connectivity index (χ0n) is 11.1. The number of nitrogens with zero attached hydrogens (tertiary/aromatic N) is 1. The number of hydrogen-bond donors (Lipinski definition) is 1. The number of fused-ring (bicyclic) bond motifs is 1. The molecule has 0 saturated carbocycles. The summed E-state index contributed by atoms with van der Waals surface area (Å²) in [4.78, 5) is 2.25. The van der Waals surface area contributed by atoms with Gasteiger partial charge < -0.3 is 10.0 Å². The molecule has 0 aliphatic carbocycles. The van der Waals surface area contributed by atoms with Gasteiger partial charge in [-0.1, -0.05) is 43.3 Å². The van der Waals surface area contributed by atoms with Crippen LogP contribution in [-0.2, 0) is 0 Å². The Morgan fingerprint density at radius 3 is 2.50 bits per heavy atom. The van der Waals surface area contributed by atoms with Gasteiger partial charge in [-0.3, -0.25) is 0 Å². The molecule has 2 rings (SSSR count). The predicted octanol–water partition coefficient (Wildman–Crippen LogP) is 3.44. The molecule has 0 radical (unpaired) electrons. The Morgan fingerprint density at radius 2 is 1.78 bits per heavy atom. The van der Waals surface area contributed by atoms with E-state index in [9.17, 15) is 5.11 Å². The van der Waals surface area contributed by atoms with Gasteiger partial charge in [0.25, 0.3) is 0 Å². The number of hydrogen-bond acceptors (Lipinski definition) is 2. The summed E-state index contributed by atoms with van der Waals surface area (Å²) in [7, 11) is 0. The zero-order chi connectivity index (χ0) is 13.0. The molecule has 0 spiro atoms. The van der Waals surface area contributed by atoms with Crippen LogP contribution >= 0.6 is 0 Å². The van der Waals surface area contributed by atoms with Gasteiger partial charge in [0.05, 0.1) is 6.10 Å². The highest BCUT2D eigenvalue weighted by molar-refractivity contribution is 5.94. The maximum atomic E-state index is 9.85. The van der Waals surface area contributed by atoms with Crippen molar-refractivity contribution in [3.63, 3.8) is 0 Å². The van der Waals surface area contributed by atoms with E-state index in [4.69, 9.17) is 0 Å².